The quantitative estimate of drug-likeness (QED) is 0.268. The molecule has 0 saturated carbocycles. The molecular formula is C5H7N3O2. The minimum Gasteiger partial charge on any atom is -0.383 e. The number of nitrogens with two attached hydrogens (primary N) is 1. The third-order valence-electron chi connectivity index (χ3n) is 1.30. The second-order valence-electron chi connectivity index (χ2n) is 1.80. The number of hydrazine groups is 1. The summed E-state index contributed by atoms with van der Waals surface area (Å²) in [6.07, 6.45) is 0. The second-order valence-corrected chi connectivity index (χ2v) is 1.80. The van der Waals surface area contributed by atoms with Gasteiger partial charge in [0.25, 0.3) is 10.9 Å². The predicted octanol–water partition coefficient (Wildman–Crippen LogP) is -1.39. The van der Waals surface area contributed by atoms with Crippen LogP contribution >= 0.6 is 0 Å². The maximum Gasteiger partial charge on any atom is 0.254 e. The summed E-state index contributed by atoms with van der Waals surface area (Å²) in [5.74, 6) is 4.93. The van der Waals surface area contributed by atoms with Crippen molar-refractivity contribution in [2.24, 2.45) is 5.84 Å². The van der Waals surface area contributed by atoms with Crippen LogP contribution in [0.15, 0.2) is 9.59 Å². The fourth-order valence-corrected chi connectivity index (χ4v) is 0.768. The van der Waals surface area contributed by atoms with Gasteiger partial charge in [0.05, 0.1) is 0 Å². The van der Waals surface area contributed by atoms with E-state index in [4.69, 9.17) is 5.84 Å². The lowest BCUT2D eigenvalue weighted by molar-refractivity contribution is 1.26. The van der Waals surface area contributed by atoms with Crippen molar-refractivity contribution in [3.63, 3.8) is 0 Å². The van der Waals surface area contributed by atoms with Gasteiger partial charge in [-0.1, -0.05) is 0 Å². The van der Waals surface area contributed by atoms with Gasteiger partial charge >= 0.3 is 0 Å². The molecule has 0 aliphatic carbocycles. The summed E-state index contributed by atoms with van der Waals surface area (Å²) < 4.78 is 0. The van der Waals surface area contributed by atoms with Crippen molar-refractivity contribution in [2.75, 3.05) is 17.8 Å². The van der Waals surface area contributed by atoms with Crippen molar-refractivity contribution in [3.8, 4) is 0 Å². The zero-order chi connectivity index (χ0) is 7.72. The van der Waals surface area contributed by atoms with Gasteiger partial charge in [0, 0.05) is 7.05 Å². The third kappa shape index (κ3) is 0.608. The molecular weight excluding hydrogens is 134 g/mol. The SMILES string of the molecule is CNc1c(NN)c(=O)c1=O. The van der Waals surface area contributed by atoms with Crippen molar-refractivity contribution in [1.82, 2.24) is 0 Å². The Labute approximate surface area is 56.5 Å². The van der Waals surface area contributed by atoms with Crippen LogP contribution in [0, 0.1) is 0 Å². The Bertz CT molecular complexity index is 279. The highest BCUT2D eigenvalue weighted by Crippen LogP contribution is 2.09. The zero-order valence-corrected chi connectivity index (χ0v) is 5.39. The molecule has 0 bridgehead atoms. The Kier molecular flexibility index (Phi) is 1.42. The fourth-order valence-electron chi connectivity index (χ4n) is 0.768. The van der Waals surface area contributed by atoms with Gasteiger partial charge in [0.15, 0.2) is 0 Å². The molecule has 5 heteroatoms. The Balaban J connectivity index is 3.16. The molecule has 0 amide bonds. The summed E-state index contributed by atoms with van der Waals surface area (Å²) in [7, 11) is 1.55. The average molecular weight is 141 g/mol. The van der Waals surface area contributed by atoms with Crippen LogP contribution in [0.2, 0.25) is 0 Å². The van der Waals surface area contributed by atoms with Gasteiger partial charge in [-0.2, -0.15) is 0 Å². The first-order chi connectivity index (χ1) is 4.72. The second kappa shape index (κ2) is 2.11. The molecule has 0 aliphatic heterocycles. The van der Waals surface area contributed by atoms with Crippen molar-refractivity contribution < 1.29 is 0 Å². The van der Waals surface area contributed by atoms with E-state index >= 15 is 0 Å². The van der Waals surface area contributed by atoms with E-state index in [1.54, 1.807) is 7.05 Å². The normalized spacial score (nSPS) is 9.80. The highest BCUT2D eigenvalue weighted by molar-refractivity contribution is 5.72. The first-order valence-corrected chi connectivity index (χ1v) is 2.70. The van der Waals surface area contributed by atoms with Crippen LogP contribution in [0.1, 0.15) is 0 Å². The van der Waals surface area contributed by atoms with Gasteiger partial charge in [-0.25, -0.2) is 0 Å². The topological polar surface area (TPSA) is 84.2 Å². The number of hydrogen-bond donors (Lipinski definition) is 3. The van der Waals surface area contributed by atoms with Crippen molar-refractivity contribution in [3.05, 3.63) is 20.4 Å². The van der Waals surface area contributed by atoms with Crippen molar-refractivity contribution in [2.45, 2.75) is 0 Å². The molecule has 0 atom stereocenters. The van der Waals surface area contributed by atoms with Crippen LogP contribution in [-0.2, 0) is 0 Å². The van der Waals surface area contributed by atoms with Crippen molar-refractivity contribution in [1.29, 1.82) is 0 Å². The summed E-state index contributed by atoms with van der Waals surface area (Å²) in [5, 5.41) is 2.55. The molecule has 1 aromatic rings. The largest absolute Gasteiger partial charge is 0.383 e. The Hall–Kier alpha value is -1.36. The molecule has 5 nitrogen and oxygen atoms in total. The molecule has 1 aromatic carbocycles. The summed E-state index contributed by atoms with van der Waals surface area (Å²) in [5.41, 5.74) is 1.46. The van der Waals surface area contributed by atoms with Gasteiger partial charge in [-0.3, -0.25) is 15.4 Å². The van der Waals surface area contributed by atoms with E-state index in [1.807, 2.05) is 0 Å². The van der Waals surface area contributed by atoms with E-state index in [1.165, 1.54) is 0 Å². The van der Waals surface area contributed by atoms with Gasteiger partial charge in [0.2, 0.25) is 0 Å². The maximum atomic E-state index is 10.6. The molecule has 0 saturated heterocycles. The summed E-state index contributed by atoms with van der Waals surface area (Å²) in [6.45, 7) is 0. The first kappa shape index (κ1) is 6.76. The van der Waals surface area contributed by atoms with Crippen molar-refractivity contribution >= 4 is 11.4 Å². The monoisotopic (exact) mass is 141 g/mol. The molecule has 0 radical (unpaired) electrons. The fraction of sp³-hybridized carbons (Fsp3) is 0.200. The molecule has 0 aromatic heterocycles. The Morgan fingerprint density at radius 2 is 1.70 bits per heavy atom. The molecule has 4 N–H and O–H groups in total. The lowest BCUT2D eigenvalue weighted by Gasteiger charge is -2.07. The average Bonchev–Trinajstić information content (AvgIpc) is 1.97. The lowest BCUT2D eigenvalue weighted by atomic mass is 10.2. The van der Waals surface area contributed by atoms with Crippen LogP contribution in [0.4, 0.5) is 11.4 Å². The van der Waals surface area contributed by atoms with E-state index in [9.17, 15) is 9.59 Å². The third-order valence-corrected chi connectivity index (χ3v) is 1.30. The van der Waals surface area contributed by atoms with E-state index in [2.05, 4.69) is 10.7 Å². The lowest BCUT2D eigenvalue weighted by Crippen LogP contribution is -2.38. The molecule has 0 spiro atoms. The molecule has 0 unspecified atom stereocenters. The van der Waals surface area contributed by atoms with Gasteiger partial charge in [-0.05, 0) is 0 Å². The number of anilines is 2. The van der Waals surface area contributed by atoms with Gasteiger partial charge in [-0.15, -0.1) is 0 Å². The smallest absolute Gasteiger partial charge is 0.254 e. The molecule has 10 heavy (non-hydrogen) atoms. The maximum absolute atomic E-state index is 10.6. The molecule has 0 aliphatic rings. The summed E-state index contributed by atoms with van der Waals surface area (Å²) in [4.78, 5) is 21.2. The minimum absolute atomic E-state index is 0.160. The van der Waals surface area contributed by atoms with Gasteiger partial charge < -0.3 is 10.7 Å². The van der Waals surface area contributed by atoms with Crippen LogP contribution < -0.4 is 27.4 Å². The van der Waals surface area contributed by atoms with E-state index in [-0.39, 0.29) is 11.4 Å². The number of nitrogens with one attached hydrogen (secondary N) is 2. The van der Waals surface area contributed by atoms with Crippen LogP contribution in [-0.4, -0.2) is 7.05 Å². The van der Waals surface area contributed by atoms with E-state index in [0.29, 0.717) is 0 Å². The van der Waals surface area contributed by atoms with E-state index < -0.39 is 10.9 Å². The minimum atomic E-state index is -0.563. The van der Waals surface area contributed by atoms with Crippen LogP contribution in [0.5, 0.6) is 0 Å². The molecule has 0 heterocycles. The van der Waals surface area contributed by atoms with Crippen LogP contribution in [0.3, 0.4) is 0 Å². The summed E-state index contributed by atoms with van der Waals surface area (Å²) >= 11 is 0. The van der Waals surface area contributed by atoms with Crippen LogP contribution in [0.25, 0.3) is 0 Å². The number of hydrogen-bond acceptors (Lipinski definition) is 5. The van der Waals surface area contributed by atoms with Gasteiger partial charge in [0.1, 0.15) is 11.4 Å². The Morgan fingerprint density at radius 3 is 2.00 bits per heavy atom. The molecule has 1 rings (SSSR count). The standard InChI is InChI=1S/C5H7N3O2/c1-7-2-3(8-6)5(10)4(2)9/h7-8H,6H2,1H3. The summed E-state index contributed by atoms with van der Waals surface area (Å²) in [6, 6.07) is 0. The number of rotatable bonds is 2. The first-order valence-electron chi connectivity index (χ1n) is 2.70. The van der Waals surface area contributed by atoms with E-state index in [0.717, 1.165) is 0 Å². The highest BCUT2D eigenvalue weighted by Gasteiger charge is 2.17. The Morgan fingerprint density at radius 1 is 1.20 bits per heavy atom. The number of nitrogen functional groups attached to an aromatic ring is 1. The molecule has 0 fully saturated rings. The zero-order valence-electron chi connectivity index (χ0n) is 5.39. The molecule has 54 valence electrons. The highest BCUT2D eigenvalue weighted by atomic mass is 16.2. The predicted molar refractivity (Wildman–Crippen MR) is 38.7 cm³/mol.